The third kappa shape index (κ3) is 1.96. The maximum absolute atomic E-state index is 11.6. The van der Waals surface area contributed by atoms with Crippen molar-refractivity contribution >= 4 is 43.0 Å². The van der Waals surface area contributed by atoms with Crippen LogP contribution in [0.15, 0.2) is 0 Å². The molecule has 3 heterocycles. The first-order valence-corrected chi connectivity index (χ1v) is 9.73. The number of nitrogens with zero attached hydrogens (tertiary/aromatic N) is 2. The van der Waals surface area contributed by atoms with Gasteiger partial charge in [0.05, 0.1) is 16.9 Å². The molecule has 2 aromatic heterocycles. The Hall–Kier alpha value is -0.720. The van der Waals surface area contributed by atoms with Crippen molar-refractivity contribution in [3.8, 4) is 0 Å². The molecule has 0 bridgehead atoms. The van der Waals surface area contributed by atoms with Gasteiger partial charge in [-0.3, -0.25) is 0 Å². The largest absolute Gasteiger partial charge is 0.229 e. The van der Waals surface area contributed by atoms with Crippen LogP contribution in [0.2, 0.25) is 5.15 Å². The predicted octanol–water partition coefficient (Wildman–Crippen LogP) is 2.74. The van der Waals surface area contributed by atoms with Crippen LogP contribution in [-0.2, 0) is 22.7 Å². The van der Waals surface area contributed by atoms with Gasteiger partial charge in [0, 0.05) is 10.8 Å². The fourth-order valence-corrected chi connectivity index (χ4v) is 6.50. The molecule has 2 aliphatic rings. The van der Waals surface area contributed by atoms with Crippen LogP contribution in [0.25, 0.3) is 10.2 Å². The molecule has 0 saturated carbocycles. The fraction of sp³-hybridized carbons (Fsp3) is 0.538. The van der Waals surface area contributed by atoms with E-state index in [1.807, 2.05) is 0 Å². The van der Waals surface area contributed by atoms with E-state index >= 15 is 0 Å². The van der Waals surface area contributed by atoms with Crippen molar-refractivity contribution in [2.45, 2.75) is 31.6 Å². The minimum Gasteiger partial charge on any atom is -0.229 e. The van der Waals surface area contributed by atoms with Gasteiger partial charge in [-0.1, -0.05) is 11.6 Å². The summed E-state index contributed by atoms with van der Waals surface area (Å²) in [5.74, 6) is 0.889. The van der Waals surface area contributed by atoms with E-state index in [4.69, 9.17) is 11.6 Å². The first-order chi connectivity index (χ1) is 9.53. The Kier molecular flexibility index (Phi) is 2.85. The minimum absolute atomic E-state index is 0.0983. The molecule has 4 rings (SSSR count). The molecule has 106 valence electrons. The molecule has 1 atom stereocenters. The molecule has 1 fully saturated rings. The molecule has 1 aliphatic heterocycles. The smallest absolute Gasteiger partial charge is 0.151 e. The zero-order chi connectivity index (χ0) is 13.9. The number of thiophene rings is 1. The minimum atomic E-state index is -2.93. The van der Waals surface area contributed by atoms with E-state index in [-0.39, 0.29) is 17.4 Å². The lowest BCUT2D eigenvalue weighted by atomic mass is 10.1. The molecular formula is C13H13ClN2O2S2. The molecule has 4 nitrogen and oxygen atoms in total. The summed E-state index contributed by atoms with van der Waals surface area (Å²) in [4.78, 5) is 11.3. The molecular weight excluding hydrogens is 316 g/mol. The van der Waals surface area contributed by atoms with Crippen LogP contribution < -0.4 is 0 Å². The summed E-state index contributed by atoms with van der Waals surface area (Å²) in [7, 11) is -2.93. The highest BCUT2D eigenvalue weighted by molar-refractivity contribution is 7.91. The quantitative estimate of drug-likeness (QED) is 0.755. The Morgan fingerprint density at radius 2 is 2.10 bits per heavy atom. The first-order valence-electron chi connectivity index (χ1n) is 6.71. The molecule has 0 aromatic carbocycles. The van der Waals surface area contributed by atoms with Crippen molar-refractivity contribution in [3.63, 3.8) is 0 Å². The topological polar surface area (TPSA) is 59.9 Å². The average molecular weight is 329 g/mol. The van der Waals surface area contributed by atoms with Crippen LogP contribution in [0, 0.1) is 0 Å². The number of hydrogen-bond acceptors (Lipinski definition) is 5. The summed E-state index contributed by atoms with van der Waals surface area (Å²) in [6.07, 6.45) is 3.93. The van der Waals surface area contributed by atoms with Gasteiger partial charge in [0.2, 0.25) is 0 Å². The molecule has 1 aliphatic carbocycles. The van der Waals surface area contributed by atoms with Crippen molar-refractivity contribution in [2.75, 3.05) is 11.5 Å². The van der Waals surface area contributed by atoms with Gasteiger partial charge < -0.3 is 0 Å². The summed E-state index contributed by atoms with van der Waals surface area (Å²) in [6.45, 7) is 0. The van der Waals surface area contributed by atoms with Crippen LogP contribution in [0.1, 0.15) is 35.0 Å². The van der Waals surface area contributed by atoms with E-state index in [0.29, 0.717) is 17.4 Å². The van der Waals surface area contributed by atoms with Gasteiger partial charge in [0.1, 0.15) is 15.8 Å². The van der Waals surface area contributed by atoms with Crippen molar-refractivity contribution in [1.82, 2.24) is 9.97 Å². The zero-order valence-corrected chi connectivity index (χ0v) is 13.1. The second kappa shape index (κ2) is 4.39. The van der Waals surface area contributed by atoms with Crippen molar-refractivity contribution in [3.05, 3.63) is 21.4 Å². The Morgan fingerprint density at radius 1 is 1.25 bits per heavy atom. The summed E-state index contributed by atoms with van der Waals surface area (Å²) in [6, 6.07) is 0. The average Bonchev–Trinajstić information content (AvgIpc) is 3.01. The number of halogens is 1. The molecule has 7 heteroatoms. The Labute approximate surface area is 126 Å². The number of sulfone groups is 1. The monoisotopic (exact) mass is 328 g/mol. The number of aromatic nitrogens is 2. The van der Waals surface area contributed by atoms with Crippen LogP contribution in [0.3, 0.4) is 0 Å². The van der Waals surface area contributed by atoms with Crippen molar-refractivity contribution in [2.24, 2.45) is 0 Å². The van der Waals surface area contributed by atoms with Crippen LogP contribution in [0.4, 0.5) is 0 Å². The molecule has 0 amide bonds. The summed E-state index contributed by atoms with van der Waals surface area (Å²) < 4.78 is 23.2. The van der Waals surface area contributed by atoms with E-state index in [1.54, 1.807) is 11.3 Å². The van der Waals surface area contributed by atoms with E-state index in [2.05, 4.69) is 9.97 Å². The summed E-state index contributed by atoms with van der Waals surface area (Å²) >= 11 is 8.03. The lowest BCUT2D eigenvalue weighted by molar-refractivity contribution is 0.601. The van der Waals surface area contributed by atoms with Crippen LogP contribution >= 0.6 is 22.9 Å². The van der Waals surface area contributed by atoms with Gasteiger partial charge in [-0.25, -0.2) is 18.4 Å². The third-order valence-electron chi connectivity index (χ3n) is 4.14. The van der Waals surface area contributed by atoms with E-state index in [1.165, 1.54) is 16.9 Å². The molecule has 1 unspecified atom stereocenters. The highest BCUT2D eigenvalue weighted by atomic mass is 35.5. The molecule has 1 saturated heterocycles. The van der Waals surface area contributed by atoms with Gasteiger partial charge in [-0.05, 0) is 31.2 Å². The van der Waals surface area contributed by atoms with Crippen LogP contribution in [0.5, 0.6) is 0 Å². The normalized spacial score (nSPS) is 24.4. The van der Waals surface area contributed by atoms with Crippen molar-refractivity contribution < 1.29 is 8.42 Å². The molecule has 0 spiro atoms. The molecule has 20 heavy (non-hydrogen) atoms. The van der Waals surface area contributed by atoms with Gasteiger partial charge >= 0.3 is 0 Å². The zero-order valence-electron chi connectivity index (χ0n) is 10.7. The fourth-order valence-electron chi connectivity index (χ4n) is 3.15. The lowest BCUT2D eigenvalue weighted by Gasteiger charge is -2.07. The van der Waals surface area contributed by atoms with E-state index in [9.17, 15) is 8.42 Å². The van der Waals surface area contributed by atoms with Gasteiger partial charge in [0.25, 0.3) is 0 Å². The Bertz CT molecular complexity index is 813. The first kappa shape index (κ1) is 13.0. The molecule has 0 radical (unpaired) electrons. The maximum atomic E-state index is 11.6. The number of aryl methyl sites for hydroxylation is 2. The Balaban J connectivity index is 1.83. The van der Waals surface area contributed by atoms with Crippen LogP contribution in [-0.4, -0.2) is 29.9 Å². The van der Waals surface area contributed by atoms with Crippen molar-refractivity contribution in [1.29, 1.82) is 0 Å². The lowest BCUT2D eigenvalue weighted by Crippen LogP contribution is -2.07. The summed E-state index contributed by atoms with van der Waals surface area (Å²) in [5, 5.41) is 1.49. The highest BCUT2D eigenvalue weighted by Crippen LogP contribution is 2.40. The van der Waals surface area contributed by atoms with E-state index < -0.39 is 9.84 Å². The SMILES string of the molecule is O=S1(=O)CCC(c2nc(Cl)c3c4c(sc3n2)CCC4)C1. The summed E-state index contributed by atoms with van der Waals surface area (Å²) in [5.41, 5.74) is 1.31. The second-order valence-corrected chi connectivity index (χ2v) is 9.18. The molecule has 2 aromatic rings. The standard InChI is InChI=1S/C13H13ClN2O2S2/c14-11-10-8-2-1-3-9(8)19-13(10)16-12(15-11)7-4-5-20(17,18)6-7/h7H,1-6H2. The van der Waals surface area contributed by atoms with Gasteiger partial charge in [-0.15, -0.1) is 11.3 Å². The predicted molar refractivity (Wildman–Crippen MR) is 80.5 cm³/mol. The number of rotatable bonds is 1. The van der Waals surface area contributed by atoms with Gasteiger partial charge in [-0.2, -0.15) is 0 Å². The highest BCUT2D eigenvalue weighted by Gasteiger charge is 2.32. The third-order valence-corrected chi connectivity index (χ3v) is 7.36. The second-order valence-electron chi connectivity index (χ2n) is 5.51. The maximum Gasteiger partial charge on any atom is 0.151 e. The molecule has 0 N–H and O–H groups in total. The number of hydrogen-bond donors (Lipinski definition) is 0. The van der Waals surface area contributed by atoms with Gasteiger partial charge in [0.15, 0.2) is 9.84 Å². The Morgan fingerprint density at radius 3 is 2.85 bits per heavy atom. The van der Waals surface area contributed by atoms with E-state index in [0.717, 1.165) is 23.1 Å². The number of fused-ring (bicyclic) bond motifs is 3.